The highest BCUT2D eigenvalue weighted by Crippen LogP contribution is 2.49. The van der Waals surface area contributed by atoms with Crippen molar-refractivity contribution >= 4 is 75.1 Å². The lowest BCUT2D eigenvalue weighted by Gasteiger charge is -2.21. The molecule has 0 radical (unpaired) electrons. The summed E-state index contributed by atoms with van der Waals surface area (Å²) < 4.78 is 22.2. The zero-order valence-electron chi connectivity index (χ0n) is 30.8. The summed E-state index contributed by atoms with van der Waals surface area (Å²) in [6, 6.07) is 61.8. The lowest BCUT2D eigenvalue weighted by Crippen LogP contribution is -2.08. The molecule has 272 valence electrons. The Morgan fingerprint density at radius 1 is 0.379 bits per heavy atom. The quantitative estimate of drug-likeness (QED) is 0.175. The molecule has 7 heteroatoms. The molecule has 0 bridgehead atoms. The van der Waals surface area contributed by atoms with Crippen molar-refractivity contribution in [1.29, 1.82) is 0 Å². The molecule has 0 aliphatic carbocycles. The summed E-state index contributed by atoms with van der Waals surface area (Å²) in [7, 11) is 0. The Labute approximate surface area is 335 Å². The van der Waals surface area contributed by atoms with Gasteiger partial charge in [-0.15, -0.1) is 11.3 Å². The van der Waals surface area contributed by atoms with E-state index >= 15 is 4.39 Å². The number of thiophene rings is 1. The average molecular weight is 764 g/mol. The van der Waals surface area contributed by atoms with Gasteiger partial charge in [-0.2, -0.15) is 0 Å². The molecule has 0 aliphatic rings. The van der Waals surface area contributed by atoms with Gasteiger partial charge in [-0.05, 0) is 48.5 Å². The normalized spacial score (nSPS) is 11.9. The smallest absolute Gasteiger partial charge is 0.166 e. The number of hydrogen-bond acceptors (Lipinski definition) is 4. The SMILES string of the molecule is Fc1ccc2sc3c(-n4c5ccccc5c5ccccc54)c(-n4c5ccccc5c5ccccc54)c(-c4nc(-c5ccccc5)nc(-c5ccccc5)n4)cc3c2c1. The number of hydrogen-bond donors (Lipinski definition) is 0. The maximum absolute atomic E-state index is 15.4. The third kappa shape index (κ3) is 4.90. The molecule has 4 aromatic heterocycles. The van der Waals surface area contributed by atoms with Gasteiger partial charge in [0, 0.05) is 53.7 Å². The van der Waals surface area contributed by atoms with E-state index in [1.807, 2.05) is 66.7 Å². The predicted molar refractivity (Wildman–Crippen MR) is 238 cm³/mol. The van der Waals surface area contributed by atoms with Crippen LogP contribution >= 0.6 is 11.3 Å². The van der Waals surface area contributed by atoms with Crippen LogP contribution in [0.1, 0.15) is 0 Å². The number of benzene rings is 8. The average Bonchev–Trinajstić information content (AvgIpc) is 3.94. The van der Waals surface area contributed by atoms with E-state index in [1.165, 1.54) is 0 Å². The van der Waals surface area contributed by atoms with E-state index in [2.05, 4.69) is 112 Å². The highest BCUT2D eigenvalue weighted by Gasteiger charge is 2.28. The minimum Gasteiger partial charge on any atom is -0.306 e. The lowest BCUT2D eigenvalue weighted by molar-refractivity contribution is 0.630. The monoisotopic (exact) mass is 763 g/mol. The molecular weight excluding hydrogens is 734 g/mol. The molecule has 0 atom stereocenters. The van der Waals surface area contributed by atoms with E-state index in [1.54, 1.807) is 23.5 Å². The summed E-state index contributed by atoms with van der Waals surface area (Å²) in [5.41, 5.74) is 8.71. The number of rotatable bonds is 5. The topological polar surface area (TPSA) is 48.5 Å². The van der Waals surface area contributed by atoms with E-state index in [-0.39, 0.29) is 5.82 Å². The highest BCUT2D eigenvalue weighted by molar-refractivity contribution is 7.26. The molecule has 12 rings (SSSR count). The fourth-order valence-electron chi connectivity index (χ4n) is 8.72. The predicted octanol–water partition coefficient (Wildman–Crippen LogP) is 13.6. The standard InChI is InChI=1S/C51H30FN5S/c52-33-27-28-45-38(29-33)39-30-40(51-54-49(31-15-3-1-4-16-31)53-50(55-51)32-17-5-2-6-18-32)46(56-41-23-11-7-19-34(41)35-20-8-12-24-42(35)56)47(48(39)58-45)57-43-25-13-9-21-36(43)37-22-10-14-26-44(37)57/h1-30H. The minimum absolute atomic E-state index is 0.281. The summed E-state index contributed by atoms with van der Waals surface area (Å²) in [6.07, 6.45) is 0. The third-order valence-electron chi connectivity index (χ3n) is 11.2. The first-order chi connectivity index (χ1) is 28.7. The van der Waals surface area contributed by atoms with Gasteiger partial charge in [0.1, 0.15) is 5.82 Å². The van der Waals surface area contributed by atoms with Crippen molar-refractivity contribution in [3.63, 3.8) is 0 Å². The second kappa shape index (κ2) is 12.8. The van der Waals surface area contributed by atoms with Crippen LogP contribution in [0, 0.1) is 5.82 Å². The molecule has 0 saturated carbocycles. The van der Waals surface area contributed by atoms with Crippen LogP contribution in [-0.2, 0) is 0 Å². The first kappa shape index (κ1) is 32.7. The van der Waals surface area contributed by atoms with E-state index in [4.69, 9.17) is 15.0 Å². The van der Waals surface area contributed by atoms with Crippen LogP contribution in [-0.4, -0.2) is 24.1 Å². The molecule has 0 spiro atoms. The molecule has 8 aromatic carbocycles. The number of fused-ring (bicyclic) bond motifs is 9. The Balaban J connectivity index is 1.35. The summed E-state index contributed by atoms with van der Waals surface area (Å²) in [6.45, 7) is 0. The van der Waals surface area contributed by atoms with Gasteiger partial charge >= 0.3 is 0 Å². The fourth-order valence-corrected chi connectivity index (χ4v) is 9.91. The first-order valence-electron chi connectivity index (χ1n) is 19.2. The van der Waals surface area contributed by atoms with Crippen LogP contribution < -0.4 is 0 Å². The van der Waals surface area contributed by atoms with Gasteiger partial charge in [-0.25, -0.2) is 19.3 Å². The van der Waals surface area contributed by atoms with E-state index in [9.17, 15) is 0 Å². The third-order valence-corrected chi connectivity index (χ3v) is 12.4. The van der Waals surface area contributed by atoms with Gasteiger partial charge in [0.15, 0.2) is 17.5 Å². The Morgan fingerprint density at radius 2 is 0.810 bits per heavy atom. The highest BCUT2D eigenvalue weighted by atomic mass is 32.1. The van der Waals surface area contributed by atoms with Gasteiger partial charge in [-0.1, -0.05) is 133 Å². The van der Waals surface area contributed by atoms with Crippen LogP contribution in [0.5, 0.6) is 0 Å². The van der Waals surface area contributed by atoms with Gasteiger partial charge in [0.2, 0.25) is 0 Å². The lowest BCUT2D eigenvalue weighted by atomic mass is 10.0. The van der Waals surface area contributed by atoms with Gasteiger partial charge < -0.3 is 9.13 Å². The van der Waals surface area contributed by atoms with Crippen LogP contribution in [0.2, 0.25) is 0 Å². The number of nitrogens with zero attached hydrogens (tertiary/aromatic N) is 5. The maximum atomic E-state index is 15.4. The molecule has 12 aromatic rings. The van der Waals surface area contributed by atoms with E-state index < -0.39 is 0 Å². The Hall–Kier alpha value is -7.48. The molecule has 4 heterocycles. The van der Waals surface area contributed by atoms with E-state index in [0.29, 0.717) is 17.5 Å². The van der Waals surface area contributed by atoms with Gasteiger partial charge in [0.25, 0.3) is 0 Å². The molecule has 0 unspecified atom stereocenters. The molecular formula is C51H30FN5S. The van der Waals surface area contributed by atoms with Gasteiger partial charge in [-0.3, -0.25) is 0 Å². The largest absolute Gasteiger partial charge is 0.306 e. The molecule has 5 nitrogen and oxygen atoms in total. The summed E-state index contributed by atoms with van der Waals surface area (Å²) in [4.78, 5) is 15.8. The fraction of sp³-hybridized carbons (Fsp3) is 0. The second-order valence-electron chi connectivity index (χ2n) is 14.5. The van der Waals surface area contributed by atoms with Crippen LogP contribution in [0.4, 0.5) is 4.39 Å². The zero-order valence-corrected chi connectivity index (χ0v) is 31.7. The molecule has 0 saturated heterocycles. The summed E-state index contributed by atoms with van der Waals surface area (Å²) in [5, 5.41) is 6.35. The number of halogens is 1. The van der Waals surface area contributed by atoms with Crippen LogP contribution in [0.3, 0.4) is 0 Å². The number of para-hydroxylation sites is 4. The van der Waals surface area contributed by atoms with Crippen molar-refractivity contribution in [2.24, 2.45) is 0 Å². The Morgan fingerprint density at radius 3 is 1.31 bits per heavy atom. The van der Waals surface area contributed by atoms with Crippen molar-refractivity contribution < 1.29 is 4.39 Å². The van der Waals surface area contributed by atoms with E-state index in [0.717, 1.165) is 91.8 Å². The molecule has 0 amide bonds. The zero-order chi connectivity index (χ0) is 38.3. The van der Waals surface area contributed by atoms with Crippen LogP contribution in [0.15, 0.2) is 182 Å². The van der Waals surface area contributed by atoms with Crippen molar-refractivity contribution in [3.05, 3.63) is 188 Å². The molecule has 0 aliphatic heterocycles. The summed E-state index contributed by atoms with van der Waals surface area (Å²) >= 11 is 1.68. The molecule has 58 heavy (non-hydrogen) atoms. The van der Waals surface area contributed by atoms with Crippen molar-refractivity contribution in [1.82, 2.24) is 24.1 Å². The summed E-state index contributed by atoms with van der Waals surface area (Å²) in [5.74, 6) is 1.37. The number of aromatic nitrogens is 5. The molecule has 0 N–H and O–H groups in total. The second-order valence-corrected chi connectivity index (χ2v) is 15.6. The van der Waals surface area contributed by atoms with Crippen molar-refractivity contribution in [3.8, 4) is 45.5 Å². The Bertz CT molecular complexity index is 3420. The van der Waals surface area contributed by atoms with Crippen molar-refractivity contribution in [2.45, 2.75) is 0 Å². The van der Waals surface area contributed by atoms with Gasteiger partial charge in [0.05, 0.1) is 38.1 Å². The minimum atomic E-state index is -0.281. The first-order valence-corrected chi connectivity index (χ1v) is 20.0. The van der Waals surface area contributed by atoms with Crippen LogP contribution in [0.25, 0.3) is 109 Å². The van der Waals surface area contributed by atoms with Crippen molar-refractivity contribution in [2.75, 3.05) is 0 Å². The Kier molecular flexibility index (Phi) is 7.21. The molecule has 0 fully saturated rings. The maximum Gasteiger partial charge on any atom is 0.166 e.